The predicted octanol–water partition coefficient (Wildman–Crippen LogP) is 5.55. The fourth-order valence-electron chi connectivity index (χ4n) is 3.32. The first-order valence-electron chi connectivity index (χ1n) is 9.83. The lowest BCUT2D eigenvalue weighted by atomic mass is 10.2. The van der Waals surface area contributed by atoms with E-state index in [1.807, 2.05) is 83.8 Å². The van der Waals surface area contributed by atoms with Gasteiger partial charge in [0, 0.05) is 18.0 Å². The minimum absolute atomic E-state index is 0.0384. The Kier molecular flexibility index (Phi) is 6.44. The number of nitrogens with zero attached hydrogens (tertiary/aromatic N) is 1. The third-order valence-corrected chi connectivity index (χ3v) is 6.15. The van der Waals surface area contributed by atoms with Crippen molar-refractivity contribution < 1.29 is 14.3 Å². The Morgan fingerprint density at radius 2 is 1.83 bits per heavy atom. The maximum atomic E-state index is 12.9. The highest BCUT2D eigenvalue weighted by atomic mass is 32.2. The van der Waals surface area contributed by atoms with Crippen LogP contribution in [0, 0.1) is 0 Å². The average molecular weight is 421 g/mol. The summed E-state index contributed by atoms with van der Waals surface area (Å²) >= 11 is 1.76. The van der Waals surface area contributed by atoms with E-state index in [0.29, 0.717) is 13.2 Å². The molecule has 2 amide bonds. The molecular weight excluding hydrogens is 396 g/mol. The van der Waals surface area contributed by atoms with Crippen LogP contribution in [0.15, 0.2) is 78.9 Å². The molecule has 1 fully saturated rings. The molecule has 0 saturated carbocycles. The number of hydrogen-bond acceptors (Lipinski definition) is 4. The summed E-state index contributed by atoms with van der Waals surface area (Å²) in [5, 5.41) is 2.94. The third-order valence-electron chi connectivity index (χ3n) is 4.88. The molecule has 154 valence electrons. The number of ether oxygens (including phenoxy) is 2. The van der Waals surface area contributed by atoms with Crippen molar-refractivity contribution in [3.8, 4) is 11.5 Å². The topological polar surface area (TPSA) is 50.8 Å². The molecule has 0 unspecified atom stereocenters. The van der Waals surface area contributed by atoms with Gasteiger partial charge >= 0.3 is 6.03 Å². The van der Waals surface area contributed by atoms with Crippen LogP contribution in [-0.2, 0) is 6.61 Å². The molecule has 1 saturated heterocycles. The molecule has 1 heterocycles. The van der Waals surface area contributed by atoms with Gasteiger partial charge in [0.2, 0.25) is 0 Å². The summed E-state index contributed by atoms with van der Waals surface area (Å²) in [6.45, 7) is 1.22. The summed E-state index contributed by atoms with van der Waals surface area (Å²) in [5.41, 5.74) is 2.93. The monoisotopic (exact) mass is 420 g/mol. The molecule has 6 heteroatoms. The molecule has 0 aliphatic carbocycles. The van der Waals surface area contributed by atoms with Gasteiger partial charge in [-0.2, -0.15) is 0 Å². The first-order valence-corrected chi connectivity index (χ1v) is 10.9. The number of thioether (sulfide) groups is 1. The van der Waals surface area contributed by atoms with Gasteiger partial charge in [-0.3, -0.25) is 0 Å². The highest BCUT2D eigenvalue weighted by Gasteiger charge is 2.31. The fraction of sp³-hybridized carbons (Fsp3) is 0.208. The zero-order valence-corrected chi connectivity index (χ0v) is 17.6. The predicted molar refractivity (Wildman–Crippen MR) is 121 cm³/mol. The number of benzene rings is 3. The maximum Gasteiger partial charge on any atom is 0.323 e. The minimum Gasteiger partial charge on any atom is -0.497 e. The molecule has 0 radical (unpaired) electrons. The van der Waals surface area contributed by atoms with Crippen LogP contribution >= 0.6 is 11.8 Å². The number of rotatable bonds is 6. The van der Waals surface area contributed by atoms with Crippen molar-refractivity contribution >= 4 is 23.5 Å². The zero-order chi connectivity index (χ0) is 20.8. The second-order valence-electron chi connectivity index (χ2n) is 6.92. The fourth-order valence-corrected chi connectivity index (χ4v) is 4.57. The van der Waals surface area contributed by atoms with E-state index < -0.39 is 0 Å². The van der Waals surface area contributed by atoms with Crippen LogP contribution in [0.25, 0.3) is 0 Å². The summed E-state index contributed by atoms with van der Waals surface area (Å²) in [5.74, 6) is 2.46. The molecule has 4 rings (SSSR count). The molecule has 0 bridgehead atoms. The van der Waals surface area contributed by atoms with Crippen LogP contribution in [0.3, 0.4) is 0 Å². The highest BCUT2D eigenvalue weighted by molar-refractivity contribution is 7.99. The molecule has 0 aromatic heterocycles. The first kappa shape index (κ1) is 20.2. The highest BCUT2D eigenvalue weighted by Crippen LogP contribution is 2.39. The van der Waals surface area contributed by atoms with Crippen LogP contribution in [0.1, 0.15) is 16.5 Å². The van der Waals surface area contributed by atoms with Gasteiger partial charge in [-0.25, -0.2) is 4.79 Å². The largest absolute Gasteiger partial charge is 0.497 e. The minimum atomic E-state index is -0.106. The Hall–Kier alpha value is -3.12. The van der Waals surface area contributed by atoms with Gasteiger partial charge in [0.25, 0.3) is 0 Å². The summed E-state index contributed by atoms with van der Waals surface area (Å²) in [6.07, 6.45) is 0. The lowest BCUT2D eigenvalue weighted by Crippen LogP contribution is -2.34. The molecule has 1 aliphatic rings. The number of urea groups is 1. The van der Waals surface area contributed by atoms with Crippen molar-refractivity contribution in [2.45, 2.75) is 12.0 Å². The molecule has 1 aliphatic heterocycles. The molecule has 3 aromatic carbocycles. The van der Waals surface area contributed by atoms with Crippen LogP contribution in [0.4, 0.5) is 10.5 Å². The van der Waals surface area contributed by atoms with Gasteiger partial charge in [0.15, 0.2) is 0 Å². The van der Waals surface area contributed by atoms with E-state index in [-0.39, 0.29) is 11.4 Å². The van der Waals surface area contributed by atoms with E-state index in [0.717, 1.165) is 34.1 Å². The van der Waals surface area contributed by atoms with E-state index in [4.69, 9.17) is 9.47 Å². The van der Waals surface area contributed by atoms with Gasteiger partial charge < -0.3 is 19.7 Å². The standard InChI is InChI=1S/C24H24N2O3S/c1-28-21-12-10-20(11-13-21)25-24(27)26-14-15-30-23(26)19-8-5-9-22(16-19)29-17-18-6-3-2-4-7-18/h2-13,16,23H,14-15,17H2,1H3,(H,25,27)/t23-/m0/s1. The molecule has 3 aromatic rings. The van der Waals surface area contributed by atoms with Gasteiger partial charge in [0.1, 0.15) is 23.5 Å². The zero-order valence-electron chi connectivity index (χ0n) is 16.8. The Balaban J connectivity index is 1.42. The first-order chi connectivity index (χ1) is 14.7. The Morgan fingerprint density at radius 1 is 1.03 bits per heavy atom. The van der Waals surface area contributed by atoms with Crippen molar-refractivity contribution in [3.05, 3.63) is 90.0 Å². The molecule has 5 nitrogen and oxygen atoms in total. The quantitative estimate of drug-likeness (QED) is 0.568. The third kappa shape index (κ3) is 4.89. The second-order valence-corrected chi connectivity index (χ2v) is 8.11. The smallest absolute Gasteiger partial charge is 0.323 e. The summed E-state index contributed by atoms with van der Waals surface area (Å²) in [6, 6.07) is 25.3. The van der Waals surface area contributed by atoms with E-state index in [2.05, 4.69) is 5.32 Å². The van der Waals surface area contributed by atoms with Crippen LogP contribution in [0.5, 0.6) is 11.5 Å². The second kappa shape index (κ2) is 9.59. The molecular formula is C24H24N2O3S. The Labute approximate surface area is 181 Å². The normalized spacial score (nSPS) is 15.6. The van der Waals surface area contributed by atoms with Crippen molar-refractivity contribution in [2.75, 3.05) is 24.7 Å². The number of hydrogen-bond donors (Lipinski definition) is 1. The summed E-state index contributed by atoms with van der Waals surface area (Å²) in [4.78, 5) is 14.8. The van der Waals surface area contributed by atoms with E-state index in [9.17, 15) is 4.79 Å². The number of nitrogens with one attached hydrogen (secondary N) is 1. The SMILES string of the molecule is COc1ccc(NC(=O)N2CCS[C@H]2c2cccc(OCc3ccccc3)c2)cc1. The Morgan fingerprint density at radius 3 is 2.60 bits per heavy atom. The van der Waals surface area contributed by atoms with Gasteiger partial charge in [-0.05, 0) is 47.5 Å². The maximum absolute atomic E-state index is 12.9. The number of methoxy groups -OCH3 is 1. The molecule has 1 N–H and O–H groups in total. The van der Waals surface area contributed by atoms with Gasteiger partial charge in [0.05, 0.1) is 7.11 Å². The lowest BCUT2D eigenvalue weighted by Gasteiger charge is -2.25. The van der Waals surface area contributed by atoms with Crippen LogP contribution in [0.2, 0.25) is 0 Å². The molecule has 1 atom stereocenters. The molecule has 30 heavy (non-hydrogen) atoms. The Bertz CT molecular complexity index is 979. The van der Waals surface area contributed by atoms with Crippen molar-refractivity contribution in [1.82, 2.24) is 4.90 Å². The number of amides is 2. The number of anilines is 1. The van der Waals surface area contributed by atoms with Crippen molar-refractivity contribution in [3.63, 3.8) is 0 Å². The van der Waals surface area contributed by atoms with E-state index in [1.54, 1.807) is 18.9 Å². The van der Waals surface area contributed by atoms with Crippen molar-refractivity contribution in [1.29, 1.82) is 0 Å². The van der Waals surface area contributed by atoms with Gasteiger partial charge in [-0.15, -0.1) is 11.8 Å². The average Bonchev–Trinajstić information content (AvgIpc) is 3.29. The van der Waals surface area contributed by atoms with Crippen molar-refractivity contribution in [2.24, 2.45) is 0 Å². The molecule has 0 spiro atoms. The van der Waals surface area contributed by atoms with Crippen LogP contribution in [-0.4, -0.2) is 30.3 Å². The number of carbonyl (C=O) groups excluding carboxylic acids is 1. The number of carbonyl (C=O) groups is 1. The summed E-state index contributed by atoms with van der Waals surface area (Å²) in [7, 11) is 1.62. The summed E-state index contributed by atoms with van der Waals surface area (Å²) < 4.78 is 11.1. The van der Waals surface area contributed by atoms with Crippen LogP contribution < -0.4 is 14.8 Å². The van der Waals surface area contributed by atoms with E-state index in [1.165, 1.54) is 0 Å². The van der Waals surface area contributed by atoms with Gasteiger partial charge in [-0.1, -0.05) is 42.5 Å². The lowest BCUT2D eigenvalue weighted by molar-refractivity contribution is 0.214. The van der Waals surface area contributed by atoms with E-state index >= 15 is 0 Å².